The van der Waals surface area contributed by atoms with Crippen LogP contribution >= 0.6 is 11.6 Å². The Morgan fingerprint density at radius 2 is 2.20 bits per heavy atom. The molecule has 1 aliphatic carbocycles. The molecule has 3 N–H and O–H groups in total. The summed E-state index contributed by atoms with van der Waals surface area (Å²) in [5, 5.41) is 0.181. The van der Waals surface area contributed by atoms with E-state index in [0.29, 0.717) is 12.3 Å². The Kier molecular flexibility index (Phi) is 4.90. The summed E-state index contributed by atoms with van der Waals surface area (Å²) in [6.07, 6.45) is 2.75. The number of ether oxygens (including phenoxy) is 1. The molecule has 112 valence electrons. The predicted molar refractivity (Wildman–Crippen MR) is 78.5 cm³/mol. The normalized spacial score (nSPS) is 22.9. The van der Waals surface area contributed by atoms with E-state index >= 15 is 0 Å². The van der Waals surface area contributed by atoms with Crippen molar-refractivity contribution < 1.29 is 13.2 Å². The third kappa shape index (κ3) is 3.25. The number of rotatable bonds is 5. The molecule has 2 atom stereocenters. The zero-order valence-electron chi connectivity index (χ0n) is 11.3. The lowest BCUT2D eigenvalue weighted by Gasteiger charge is -2.20. The van der Waals surface area contributed by atoms with E-state index in [0.717, 1.165) is 19.3 Å². The molecule has 7 heteroatoms. The van der Waals surface area contributed by atoms with Gasteiger partial charge in [0.1, 0.15) is 10.6 Å². The molecule has 0 aromatic heterocycles. The molecular weight excluding hydrogens is 300 g/mol. The second-order valence-electron chi connectivity index (χ2n) is 4.95. The highest BCUT2D eigenvalue weighted by Gasteiger charge is 2.31. The summed E-state index contributed by atoms with van der Waals surface area (Å²) in [6.45, 7) is 0.485. The highest BCUT2D eigenvalue weighted by molar-refractivity contribution is 7.89. The number of hydrogen-bond acceptors (Lipinski definition) is 4. The molecule has 1 aromatic rings. The van der Waals surface area contributed by atoms with Gasteiger partial charge in [-0.3, -0.25) is 0 Å². The van der Waals surface area contributed by atoms with Gasteiger partial charge in [-0.15, -0.1) is 0 Å². The van der Waals surface area contributed by atoms with Crippen molar-refractivity contribution >= 4 is 21.6 Å². The van der Waals surface area contributed by atoms with Crippen LogP contribution in [-0.4, -0.2) is 28.1 Å². The number of hydrogen-bond donors (Lipinski definition) is 2. The molecule has 0 amide bonds. The summed E-state index contributed by atoms with van der Waals surface area (Å²) in [5.74, 6) is 0.644. The van der Waals surface area contributed by atoms with Crippen molar-refractivity contribution in [2.24, 2.45) is 11.7 Å². The Balaban J connectivity index is 2.26. The first-order chi connectivity index (χ1) is 9.47. The molecule has 1 fully saturated rings. The summed E-state index contributed by atoms with van der Waals surface area (Å²) in [6, 6.07) is 4.45. The number of sulfonamides is 1. The fourth-order valence-electron chi connectivity index (χ4n) is 2.55. The lowest BCUT2D eigenvalue weighted by molar-refractivity contribution is 0.413. The average Bonchev–Trinajstić information content (AvgIpc) is 2.85. The van der Waals surface area contributed by atoms with E-state index in [1.807, 2.05) is 0 Å². The summed E-state index contributed by atoms with van der Waals surface area (Å²) in [7, 11) is -2.19. The van der Waals surface area contributed by atoms with Gasteiger partial charge in [0, 0.05) is 12.1 Å². The molecule has 0 bridgehead atoms. The third-order valence-corrected chi connectivity index (χ3v) is 5.67. The molecule has 0 spiro atoms. The zero-order chi connectivity index (χ0) is 14.8. The van der Waals surface area contributed by atoms with Crippen LogP contribution in [0, 0.1) is 5.92 Å². The van der Waals surface area contributed by atoms with Crippen LogP contribution in [0.5, 0.6) is 5.75 Å². The first-order valence-corrected chi connectivity index (χ1v) is 8.40. The molecule has 1 saturated carbocycles. The molecule has 5 nitrogen and oxygen atoms in total. The Morgan fingerprint density at radius 3 is 2.85 bits per heavy atom. The number of halogens is 1. The van der Waals surface area contributed by atoms with Crippen molar-refractivity contribution in [3.8, 4) is 5.75 Å². The van der Waals surface area contributed by atoms with E-state index in [9.17, 15) is 8.42 Å². The fraction of sp³-hybridized carbons (Fsp3) is 0.538. The maximum Gasteiger partial charge on any atom is 0.242 e. The van der Waals surface area contributed by atoms with Gasteiger partial charge in [0.2, 0.25) is 10.0 Å². The van der Waals surface area contributed by atoms with Gasteiger partial charge >= 0.3 is 0 Å². The quantitative estimate of drug-likeness (QED) is 0.866. The van der Waals surface area contributed by atoms with Crippen molar-refractivity contribution in [3.63, 3.8) is 0 Å². The van der Waals surface area contributed by atoms with Crippen LogP contribution in [-0.2, 0) is 10.0 Å². The number of methoxy groups -OCH3 is 1. The van der Waals surface area contributed by atoms with Crippen LogP contribution in [0.2, 0.25) is 5.02 Å². The van der Waals surface area contributed by atoms with E-state index in [1.54, 1.807) is 6.07 Å². The van der Waals surface area contributed by atoms with Crippen LogP contribution in [0.4, 0.5) is 0 Å². The maximum atomic E-state index is 12.4. The van der Waals surface area contributed by atoms with Crippen LogP contribution < -0.4 is 15.2 Å². The van der Waals surface area contributed by atoms with Gasteiger partial charge in [0.15, 0.2) is 0 Å². The van der Waals surface area contributed by atoms with Crippen molar-refractivity contribution in [2.75, 3.05) is 13.7 Å². The molecule has 0 aliphatic heterocycles. The Labute approximate surface area is 124 Å². The minimum Gasteiger partial charge on any atom is -0.497 e. The monoisotopic (exact) mass is 318 g/mol. The lowest BCUT2D eigenvalue weighted by Crippen LogP contribution is -2.39. The lowest BCUT2D eigenvalue weighted by atomic mass is 10.1. The topological polar surface area (TPSA) is 81.4 Å². The van der Waals surface area contributed by atoms with Gasteiger partial charge in [-0.25, -0.2) is 13.1 Å². The summed E-state index contributed by atoms with van der Waals surface area (Å²) >= 11 is 5.99. The van der Waals surface area contributed by atoms with Crippen molar-refractivity contribution in [1.29, 1.82) is 0 Å². The molecule has 0 saturated heterocycles. The number of benzene rings is 1. The SMILES string of the molecule is COc1ccc(Cl)c(S(=O)(=O)NC2CCCC2CN)c1. The highest BCUT2D eigenvalue weighted by atomic mass is 35.5. The van der Waals surface area contributed by atoms with E-state index in [4.69, 9.17) is 22.1 Å². The van der Waals surface area contributed by atoms with Crippen molar-refractivity contribution in [3.05, 3.63) is 23.2 Å². The molecule has 2 rings (SSSR count). The second-order valence-corrected chi connectivity index (χ2v) is 7.04. The van der Waals surface area contributed by atoms with Crippen molar-refractivity contribution in [2.45, 2.75) is 30.2 Å². The Bertz CT molecular complexity index is 577. The van der Waals surface area contributed by atoms with Crippen LogP contribution in [0.15, 0.2) is 23.1 Å². The van der Waals surface area contributed by atoms with E-state index in [-0.39, 0.29) is 21.9 Å². The molecular formula is C13H19ClN2O3S. The average molecular weight is 319 g/mol. The van der Waals surface area contributed by atoms with E-state index in [1.165, 1.54) is 19.2 Å². The summed E-state index contributed by atoms with van der Waals surface area (Å²) < 4.78 is 32.7. The smallest absolute Gasteiger partial charge is 0.242 e. The first-order valence-electron chi connectivity index (χ1n) is 6.54. The van der Waals surface area contributed by atoms with Crippen LogP contribution in [0.1, 0.15) is 19.3 Å². The summed E-state index contributed by atoms with van der Waals surface area (Å²) in [5.41, 5.74) is 5.68. The minimum atomic E-state index is -3.67. The second kappa shape index (κ2) is 6.30. The van der Waals surface area contributed by atoms with Gasteiger partial charge < -0.3 is 10.5 Å². The van der Waals surface area contributed by atoms with Crippen LogP contribution in [0.25, 0.3) is 0 Å². The molecule has 0 heterocycles. The Hall–Kier alpha value is -0.820. The van der Waals surface area contributed by atoms with E-state index in [2.05, 4.69) is 4.72 Å². The fourth-order valence-corrected chi connectivity index (χ4v) is 4.41. The highest BCUT2D eigenvalue weighted by Crippen LogP contribution is 2.29. The molecule has 2 unspecified atom stereocenters. The molecule has 1 aliphatic rings. The number of nitrogens with two attached hydrogens (primary N) is 1. The number of nitrogens with one attached hydrogen (secondary N) is 1. The van der Waals surface area contributed by atoms with Gasteiger partial charge in [0.25, 0.3) is 0 Å². The van der Waals surface area contributed by atoms with Gasteiger partial charge in [0.05, 0.1) is 12.1 Å². The molecule has 20 heavy (non-hydrogen) atoms. The zero-order valence-corrected chi connectivity index (χ0v) is 12.9. The summed E-state index contributed by atoms with van der Waals surface area (Å²) in [4.78, 5) is 0.0428. The Morgan fingerprint density at radius 1 is 1.45 bits per heavy atom. The van der Waals surface area contributed by atoms with E-state index < -0.39 is 10.0 Å². The predicted octanol–water partition coefficient (Wildman–Crippen LogP) is 1.75. The first kappa shape index (κ1) is 15.6. The molecule has 0 radical (unpaired) electrons. The maximum absolute atomic E-state index is 12.4. The van der Waals surface area contributed by atoms with Crippen LogP contribution in [0.3, 0.4) is 0 Å². The van der Waals surface area contributed by atoms with Gasteiger partial charge in [-0.1, -0.05) is 18.0 Å². The van der Waals surface area contributed by atoms with Gasteiger partial charge in [-0.2, -0.15) is 0 Å². The molecule has 1 aromatic carbocycles. The minimum absolute atomic E-state index is 0.0428. The van der Waals surface area contributed by atoms with Gasteiger partial charge in [-0.05, 0) is 37.4 Å². The van der Waals surface area contributed by atoms with Crippen molar-refractivity contribution in [1.82, 2.24) is 4.72 Å². The third-order valence-electron chi connectivity index (χ3n) is 3.70. The largest absolute Gasteiger partial charge is 0.497 e. The standard InChI is InChI=1S/C13H19ClN2O3S/c1-19-10-5-6-11(14)13(7-10)20(17,18)16-12-4-2-3-9(12)8-15/h5-7,9,12,16H,2-4,8,15H2,1H3.